The van der Waals surface area contributed by atoms with E-state index in [4.69, 9.17) is 14.3 Å². The Hall–Kier alpha value is -3.13. The van der Waals surface area contributed by atoms with Crippen LogP contribution in [0.4, 0.5) is 8.78 Å². The monoisotopic (exact) mass is 391 g/mol. The van der Waals surface area contributed by atoms with E-state index in [9.17, 15) is 13.6 Å². The number of hydrogen-bond acceptors (Lipinski definition) is 6. The van der Waals surface area contributed by atoms with Gasteiger partial charge in [-0.05, 0) is 36.8 Å². The lowest BCUT2D eigenvalue weighted by Crippen LogP contribution is -2.36. The minimum Gasteiger partial charge on any atom is -0.485 e. The molecule has 148 valence electrons. The van der Waals surface area contributed by atoms with Crippen molar-refractivity contribution in [2.24, 2.45) is 0 Å². The Morgan fingerprint density at radius 3 is 2.61 bits per heavy atom. The van der Waals surface area contributed by atoms with Crippen LogP contribution in [0.2, 0.25) is 0 Å². The summed E-state index contributed by atoms with van der Waals surface area (Å²) in [6.45, 7) is -1.27. The van der Waals surface area contributed by atoms with Gasteiger partial charge in [0.1, 0.15) is 6.61 Å². The van der Waals surface area contributed by atoms with Crippen LogP contribution in [0.15, 0.2) is 54.6 Å². The molecule has 6 nitrogen and oxygen atoms in total. The molecular formula is C20H19F2NO5. The number of halogens is 2. The molecule has 3 rings (SSSR count). The summed E-state index contributed by atoms with van der Waals surface area (Å²) in [6.07, 6.45) is 1.54. The summed E-state index contributed by atoms with van der Waals surface area (Å²) >= 11 is 0. The average molecular weight is 391 g/mol. The Labute approximate surface area is 160 Å². The zero-order valence-electron chi connectivity index (χ0n) is 15.3. The molecule has 0 aromatic heterocycles. The van der Waals surface area contributed by atoms with E-state index in [1.165, 1.54) is 19.2 Å². The van der Waals surface area contributed by atoms with E-state index in [1.54, 1.807) is 19.1 Å². The van der Waals surface area contributed by atoms with Crippen LogP contribution in [0.1, 0.15) is 18.1 Å². The highest BCUT2D eigenvalue weighted by atomic mass is 19.3. The minimum absolute atomic E-state index is 0.0927. The van der Waals surface area contributed by atoms with Crippen molar-refractivity contribution in [3.05, 3.63) is 65.7 Å². The molecule has 1 aliphatic heterocycles. The smallest absolute Gasteiger partial charge is 0.387 e. The first kappa shape index (κ1) is 19.6. The summed E-state index contributed by atoms with van der Waals surface area (Å²) in [7, 11) is 1.26. The molecular weight excluding hydrogens is 372 g/mol. The van der Waals surface area contributed by atoms with Gasteiger partial charge in [0.05, 0.1) is 12.8 Å². The largest absolute Gasteiger partial charge is 0.485 e. The van der Waals surface area contributed by atoms with E-state index >= 15 is 0 Å². The highest BCUT2D eigenvalue weighted by Gasteiger charge is 2.39. The number of hydroxylamine groups is 1. The van der Waals surface area contributed by atoms with Crippen molar-refractivity contribution < 1.29 is 32.6 Å². The lowest BCUT2D eigenvalue weighted by molar-refractivity contribution is -0.163. The molecule has 0 radical (unpaired) electrons. The van der Waals surface area contributed by atoms with Gasteiger partial charge in [-0.25, -0.2) is 4.79 Å². The van der Waals surface area contributed by atoms with Gasteiger partial charge in [-0.1, -0.05) is 30.3 Å². The van der Waals surface area contributed by atoms with Crippen LogP contribution < -0.4 is 15.0 Å². The van der Waals surface area contributed by atoms with E-state index in [1.807, 2.05) is 30.3 Å². The van der Waals surface area contributed by atoms with Crippen LogP contribution >= 0.6 is 0 Å². The van der Waals surface area contributed by atoms with Gasteiger partial charge >= 0.3 is 12.6 Å². The molecule has 0 saturated heterocycles. The summed E-state index contributed by atoms with van der Waals surface area (Å²) in [4.78, 5) is 17.2. The summed E-state index contributed by atoms with van der Waals surface area (Å²) in [5, 5.41) is 0. The number of nitrogens with one attached hydrogen (secondary N) is 1. The molecule has 1 unspecified atom stereocenters. The van der Waals surface area contributed by atoms with Crippen molar-refractivity contribution in [2.45, 2.75) is 25.7 Å². The first-order chi connectivity index (χ1) is 13.4. The molecule has 0 fully saturated rings. The summed E-state index contributed by atoms with van der Waals surface area (Å²) < 4.78 is 40.4. The fourth-order valence-corrected chi connectivity index (χ4v) is 2.66. The first-order valence-electron chi connectivity index (χ1n) is 8.42. The second kappa shape index (κ2) is 8.26. The SMILES string of the molecule is COC(=O)C1(C)C=C(c2ccc(OC(F)F)c(OCc3ccccc3)c2)NO1. The van der Waals surface area contributed by atoms with Crippen molar-refractivity contribution in [3.63, 3.8) is 0 Å². The number of rotatable bonds is 7. The van der Waals surface area contributed by atoms with Gasteiger partial charge in [0.15, 0.2) is 11.5 Å². The van der Waals surface area contributed by atoms with Crippen LogP contribution in [0.3, 0.4) is 0 Å². The molecule has 0 saturated carbocycles. The van der Waals surface area contributed by atoms with Crippen LogP contribution in [-0.2, 0) is 21.0 Å². The van der Waals surface area contributed by atoms with E-state index in [0.717, 1.165) is 5.56 Å². The Kier molecular flexibility index (Phi) is 5.79. The maximum Gasteiger partial charge on any atom is 0.387 e. The quantitative estimate of drug-likeness (QED) is 0.727. The number of ether oxygens (including phenoxy) is 3. The fourth-order valence-electron chi connectivity index (χ4n) is 2.66. The third-order valence-electron chi connectivity index (χ3n) is 4.09. The predicted octanol–water partition coefficient (Wildman–Crippen LogP) is 3.67. The molecule has 0 spiro atoms. The Bertz CT molecular complexity index is 872. The second-order valence-corrected chi connectivity index (χ2v) is 6.18. The van der Waals surface area contributed by atoms with E-state index in [2.05, 4.69) is 10.2 Å². The molecule has 28 heavy (non-hydrogen) atoms. The van der Waals surface area contributed by atoms with Gasteiger partial charge in [-0.3, -0.25) is 10.3 Å². The lowest BCUT2D eigenvalue weighted by atomic mass is 10.0. The Morgan fingerprint density at radius 2 is 1.93 bits per heavy atom. The summed E-state index contributed by atoms with van der Waals surface area (Å²) in [6, 6.07) is 13.7. The van der Waals surface area contributed by atoms with Gasteiger partial charge in [0, 0.05) is 5.56 Å². The van der Waals surface area contributed by atoms with Gasteiger partial charge in [0.25, 0.3) is 0 Å². The average Bonchev–Trinajstić information content (AvgIpc) is 3.10. The molecule has 2 aromatic rings. The molecule has 0 aliphatic carbocycles. The van der Waals surface area contributed by atoms with Gasteiger partial charge in [0.2, 0.25) is 5.60 Å². The highest BCUT2D eigenvalue weighted by Crippen LogP contribution is 2.34. The molecule has 0 amide bonds. The topological polar surface area (TPSA) is 66.0 Å². The molecule has 2 aromatic carbocycles. The predicted molar refractivity (Wildman–Crippen MR) is 96.5 cm³/mol. The van der Waals surface area contributed by atoms with Gasteiger partial charge < -0.3 is 14.2 Å². The van der Waals surface area contributed by atoms with Crippen molar-refractivity contribution in [1.29, 1.82) is 0 Å². The van der Waals surface area contributed by atoms with Crippen LogP contribution in [0.25, 0.3) is 5.70 Å². The number of hydrogen-bond donors (Lipinski definition) is 1. The molecule has 1 atom stereocenters. The highest BCUT2D eigenvalue weighted by molar-refractivity contribution is 5.86. The van der Waals surface area contributed by atoms with Crippen LogP contribution in [-0.4, -0.2) is 25.3 Å². The van der Waals surface area contributed by atoms with Crippen molar-refractivity contribution in [1.82, 2.24) is 5.48 Å². The third-order valence-corrected chi connectivity index (χ3v) is 4.09. The van der Waals surface area contributed by atoms with Crippen molar-refractivity contribution in [2.75, 3.05) is 7.11 Å². The molecule has 1 heterocycles. The summed E-state index contributed by atoms with van der Waals surface area (Å²) in [5.74, 6) is -0.533. The zero-order chi connectivity index (χ0) is 20.1. The number of esters is 1. The molecule has 1 N–H and O–H groups in total. The fraction of sp³-hybridized carbons (Fsp3) is 0.250. The Morgan fingerprint density at radius 1 is 1.18 bits per heavy atom. The number of carbonyl (C=O) groups excluding carboxylic acids is 1. The number of carbonyl (C=O) groups is 1. The van der Waals surface area contributed by atoms with Gasteiger partial charge in [-0.2, -0.15) is 8.78 Å². The van der Waals surface area contributed by atoms with Crippen molar-refractivity contribution >= 4 is 11.7 Å². The van der Waals surface area contributed by atoms with E-state index in [0.29, 0.717) is 11.3 Å². The third kappa shape index (κ3) is 4.40. The minimum atomic E-state index is -2.99. The lowest BCUT2D eigenvalue weighted by Gasteiger charge is -2.16. The zero-order valence-corrected chi connectivity index (χ0v) is 15.3. The number of methoxy groups -OCH3 is 1. The maximum atomic E-state index is 12.7. The van der Waals surface area contributed by atoms with Crippen molar-refractivity contribution in [3.8, 4) is 11.5 Å². The number of benzene rings is 2. The first-order valence-corrected chi connectivity index (χ1v) is 8.42. The number of alkyl halides is 2. The van der Waals surface area contributed by atoms with Gasteiger partial charge in [-0.15, -0.1) is 0 Å². The molecule has 0 bridgehead atoms. The normalized spacial score (nSPS) is 18.4. The van der Waals surface area contributed by atoms with Crippen LogP contribution in [0, 0.1) is 0 Å². The van der Waals surface area contributed by atoms with Crippen LogP contribution in [0.5, 0.6) is 11.5 Å². The van der Waals surface area contributed by atoms with E-state index in [-0.39, 0.29) is 18.1 Å². The Balaban J connectivity index is 1.87. The summed E-state index contributed by atoms with van der Waals surface area (Å²) in [5.41, 5.74) is 3.27. The second-order valence-electron chi connectivity index (χ2n) is 6.18. The van der Waals surface area contributed by atoms with E-state index < -0.39 is 18.2 Å². The molecule has 8 heteroatoms. The maximum absolute atomic E-state index is 12.7. The standard InChI is InChI=1S/C20H19F2NO5/c1-20(18(24)25-2)11-15(23-28-20)14-8-9-16(27-19(21)22)17(10-14)26-12-13-6-4-3-5-7-13/h3-11,19,23H,12H2,1-2H3. The molecule has 1 aliphatic rings.